The van der Waals surface area contributed by atoms with E-state index in [1.807, 2.05) is 35.1 Å². The average molecular weight is 222 g/mol. The van der Waals surface area contributed by atoms with Crippen LogP contribution in [0.2, 0.25) is 5.02 Å². The minimum atomic E-state index is 0.165. The standard InChI is InChI=1S/C11H12ClN3/c1-8(15-7-10(12)6-14-15)9-2-4-11(13)5-3-9/h2-8H,13H2,1H3. The van der Waals surface area contributed by atoms with Gasteiger partial charge in [0, 0.05) is 11.9 Å². The van der Waals surface area contributed by atoms with Crippen molar-refractivity contribution in [3.05, 3.63) is 47.2 Å². The maximum Gasteiger partial charge on any atom is 0.0785 e. The van der Waals surface area contributed by atoms with Gasteiger partial charge in [-0.05, 0) is 24.6 Å². The van der Waals surface area contributed by atoms with Crippen LogP contribution in [-0.4, -0.2) is 9.78 Å². The van der Waals surface area contributed by atoms with Gasteiger partial charge in [-0.15, -0.1) is 0 Å². The first-order chi connectivity index (χ1) is 7.16. The highest BCUT2D eigenvalue weighted by Gasteiger charge is 2.08. The van der Waals surface area contributed by atoms with E-state index in [-0.39, 0.29) is 6.04 Å². The van der Waals surface area contributed by atoms with Crippen LogP contribution in [0.25, 0.3) is 0 Å². The quantitative estimate of drug-likeness (QED) is 0.793. The number of aromatic nitrogens is 2. The molecule has 1 heterocycles. The van der Waals surface area contributed by atoms with Gasteiger partial charge in [0.15, 0.2) is 0 Å². The minimum absolute atomic E-state index is 0.165. The van der Waals surface area contributed by atoms with Gasteiger partial charge in [0.25, 0.3) is 0 Å². The van der Waals surface area contributed by atoms with Crippen LogP contribution in [-0.2, 0) is 0 Å². The first-order valence-electron chi connectivity index (χ1n) is 4.72. The molecule has 2 aromatic rings. The summed E-state index contributed by atoms with van der Waals surface area (Å²) in [4.78, 5) is 0. The lowest BCUT2D eigenvalue weighted by atomic mass is 10.1. The molecular formula is C11H12ClN3. The van der Waals surface area contributed by atoms with Crippen molar-refractivity contribution >= 4 is 17.3 Å². The molecule has 0 saturated heterocycles. The summed E-state index contributed by atoms with van der Waals surface area (Å²) in [5.41, 5.74) is 7.55. The molecule has 0 saturated carbocycles. The van der Waals surface area contributed by atoms with Crippen molar-refractivity contribution in [2.75, 3.05) is 5.73 Å². The normalized spacial score (nSPS) is 12.7. The third-order valence-electron chi connectivity index (χ3n) is 2.39. The van der Waals surface area contributed by atoms with E-state index in [2.05, 4.69) is 12.0 Å². The van der Waals surface area contributed by atoms with E-state index in [1.54, 1.807) is 6.20 Å². The molecular weight excluding hydrogens is 210 g/mol. The number of halogens is 1. The Labute approximate surface area is 93.5 Å². The second-order valence-corrected chi connectivity index (χ2v) is 3.92. The molecule has 1 aromatic heterocycles. The Morgan fingerprint density at radius 2 is 2.00 bits per heavy atom. The van der Waals surface area contributed by atoms with Gasteiger partial charge in [0.05, 0.1) is 17.3 Å². The van der Waals surface area contributed by atoms with Crippen LogP contribution in [0.5, 0.6) is 0 Å². The number of nitrogen functional groups attached to an aromatic ring is 1. The monoisotopic (exact) mass is 221 g/mol. The van der Waals surface area contributed by atoms with E-state index < -0.39 is 0 Å². The van der Waals surface area contributed by atoms with E-state index in [9.17, 15) is 0 Å². The Hall–Kier alpha value is -1.48. The number of nitrogens with zero attached hydrogens (tertiary/aromatic N) is 2. The van der Waals surface area contributed by atoms with Crippen LogP contribution >= 0.6 is 11.6 Å². The number of rotatable bonds is 2. The molecule has 0 aliphatic rings. The average Bonchev–Trinajstić information content (AvgIpc) is 2.65. The summed E-state index contributed by atoms with van der Waals surface area (Å²) >= 11 is 5.81. The fourth-order valence-electron chi connectivity index (χ4n) is 1.45. The Balaban J connectivity index is 2.28. The number of hydrogen-bond acceptors (Lipinski definition) is 2. The van der Waals surface area contributed by atoms with Crippen molar-refractivity contribution in [3.63, 3.8) is 0 Å². The summed E-state index contributed by atoms with van der Waals surface area (Å²) in [7, 11) is 0. The van der Waals surface area contributed by atoms with E-state index in [1.165, 1.54) is 0 Å². The molecule has 1 unspecified atom stereocenters. The summed E-state index contributed by atoms with van der Waals surface area (Å²) in [5, 5.41) is 4.82. The zero-order valence-electron chi connectivity index (χ0n) is 8.39. The van der Waals surface area contributed by atoms with E-state index in [0.29, 0.717) is 5.02 Å². The third kappa shape index (κ3) is 2.13. The zero-order valence-corrected chi connectivity index (χ0v) is 9.15. The third-order valence-corrected chi connectivity index (χ3v) is 2.58. The molecule has 0 spiro atoms. The fraction of sp³-hybridized carbons (Fsp3) is 0.182. The summed E-state index contributed by atoms with van der Waals surface area (Å²) in [6.45, 7) is 2.06. The molecule has 78 valence electrons. The topological polar surface area (TPSA) is 43.8 Å². The van der Waals surface area contributed by atoms with Crippen LogP contribution in [0.1, 0.15) is 18.5 Å². The summed E-state index contributed by atoms with van der Waals surface area (Å²) in [6.07, 6.45) is 3.44. The Kier molecular flexibility index (Phi) is 2.64. The highest BCUT2D eigenvalue weighted by molar-refractivity contribution is 6.30. The van der Waals surface area contributed by atoms with Crippen LogP contribution in [0.3, 0.4) is 0 Å². The zero-order chi connectivity index (χ0) is 10.8. The highest BCUT2D eigenvalue weighted by atomic mass is 35.5. The Bertz CT molecular complexity index is 447. The second kappa shape index (κ2) is 3.95. The van der Waals surface area contributed by atoms with E-state index in [0.717, 1.165) is 11.3 Å². The van der Waals surface area contributed by atoms with E-state index >= 15 is 0 Å². The molecule has 0 radical (unpaired) electrons. The Morgan fingerprint density at radius 1 is 1.33 bits per heavy atom. The van der Waals surface area contributed by atoms with Gasteiger partial charge in [-0.2, -0.15) is 5.10 Å². The van der Waals surface area contributed by atoms with Crippen molar-refractivity contribution in [1.29, 1.82) is 0 Å². The summed E-state index contributed by atoms with van der Waals surface area (Å²) in [5.74, 6) is 0. The second-order valence-electron chi connectivity index (χ2n) is 3.48. The lowest BCUT2D eigenvalue weighted by molar-refractivity contribution is 0.564. The van der Waals surface area contributed by atoms with Crippen LogP contribution in [0.15, 0.2) is 36.7 Å². The molecule has 0 fully saturated rings. The maximum absolute atomic E-state index is 5.81. The van der Waals surface area contributed by atoms with Gasteiger partial charge in [0.1, 0.15) is 0 Å². The molecule has 2 N–H and O–H groups in total. The smallest absolute Gasteiger partial charge is 0.0785 e. The number of nitrogens with two attached hydrogens (primary N) is 1. The lowest BCUT2D eigenvalue weighted by Gasteiger charge is -2.12. The molecule has 1 aromatic carbocycles. The van der Waals surface area contributed by atoms with Gasteiger partial charge in [-0.3, -0.25) is 4.68 Å². The first kappa shape index (κ1) is 10.1. The van der Waals surface area contributed by atoms with Crippen molar-refractivity contribution in [2.24, 2.45) is 0 Å². The van der Waals surface area contributed by atoms with Gasteiger partial charge in [-0.1, -0.05) is 23.7 Å². The number of hydrogen-bond donors (Lipinski definition) is 1. The molecule has 15 heavy (non-hydrogen) atoms. The van der Waals surface area contributed by atoms with Crippen LogP contribution in [0.4, 0.5) is 5.69 Å². The molecule has 3 nitrogen and oxygen atoms in total. The molecule has 0 amide bonds. The van der Waals surface area contributed by atoms with Gasteiger partial charge >= 0.3 is 0 Å². The highest BCUT2D eigenvalue weighted by Crippen LogP contribution is 2.19. The molecule has 2 rings (SSSR count). The first-order valence-corrected chi connectivity index (χ1v) is 5.09. The maximum atomic E-state index is 5.81. The molecule has 1 atom stereocenters. The Morgan fingerprint density at radius 3 is 2.53 bits per heavy atom. The van der Waals surface area contributed by atoms with Crippen LogP contribution in [0, 0.1) is 0 Å². The van der Waals surface area contributed by atoms with Crippen molar-refractivity contribution in [3.8, 4) is 0 Å². The van der Waals surface area contributed by atoms with E-state index in [4.69, 9.17) is 17.3 Å². The molecule has 0 aliphatic carbocycles. The van der Waals surface area contributed by atoms with Gasteiger partial charge < -0.3 is 5.73 Å². The largest absolute Gasteiger partial charge is 0.399 e. The predicted molar refractivity (Wildman–Crippen MR) is 61.9 cm³/mol. The van der Waals surface area contributed by atoms with Crippen molar-refractivity contribution in [2.45, 2.75) is 13.0 Å². The predicted octanol–water partition coefficient (Wildman–Crippen LogP) is 2.73. The van der Waals surface area contributed by atoms with Crippen molar-refractivity contribution in [1.82, 2.24) is 9.78 Å². The van der Waals surface area contributed by atoms with Gasteiger partial charge in [0.2, 0.25) is 0 Å². The number of benzene rings is 1. The molecule has 0 bridgehead atoms. The molecule has 4 heteroatoms. The van der Waals surface area contributed by atoms with Crippen LogP contribution < -0.4 is 5.73 Å². The SMILES string of the molecule is CC(c1ccc(N)cc1)n1cc(Cl)cn1. The summed E-state index contributed by atoms with van der Waals surface area (Å²) in [6, 6.07) is 7.93. The lowest BCUT2D eigenvalue weighted by Crippen LogP contribution is -2.06. The van der Waals surface area contributed by atoms with Crippen molar-refractivity contribution < 1.29 is 0 Å². The number of anilines is 1. The molecule has 0 aliphatic heterocycles. The summed E-state index contributed by atoms with van der Waals surface area (Å²) < 4.78 is 1.83. The van der Waals surface area contributed by atoms with Gasteiger partial charge in [-0.25, -0.2) is 0 Å². The minimum Gasteiger partial charge on any atom is -0.399 e. The fourth-order valence-corrected chi connectivity index (χ4v) is 1.60.